The topological polar surface area (TPSA) is 42.2 Å². The summed E-state index contributed by atoms with van der Waals surface area (Å²) in [5, 5.41) is 3.65. The summed E-state index contributed by atoms with van der Waals surface area (Å²) in [6.45, 7) is 5.01. The highest BCUT2D eigenvalue weighted by Crippen LogP contribution is 2.23. The molecule has 1 unspecified atom stereocenters. The number of benzene rings is 1. The highest BCUT2D eigenvalue weighted by molar-refractivity contribution is 6.31. The Kier molecular flexibility index (Phi) is 15.4. The van der Waals surface area contributed by atoms with Gasteiger partial charge in [-0.15, -0.1) is 0 Å². The molecule has 2 rings (SSSR count). The highest BCUT2D eigenvalue weighted by atomic mass is 127. The number of carbonyl (C=O) groups is 1. The van der Waals surface area contributed by atoms with Crippen molar-refractivity contribution in [2.24, 2.45) is 0 Å². The van der Waals surface area contributed by atoms with E-state index >= 15 is 0 Å². The van der Waals surface area contributed by atoms with Crippen molar-refractivity contribution in [2.75, 3.05) is 6.61 Å². The number of aromatic nitrogens is 1. The van der Waals surface area contributed by atoms with Crippen LogP contribution in [0, 0.1) is 0 Å². The number of hydrogen-bond donors (Lipinski definition) is 1. The van der Waals surface area contributed by atoms with Crippen molar-refractivity contribution in [1.29, 1.82) is 0 Å². The smallest absolute Gasteiger partial charge is 0.233 e. The first-order valence-electron chi connectivity index (χ1n) is 11.8. The van der Waals surface area contributed by atoms with Crippen LogP contribution in [0.5, 0.6) is 5.75 Å². The van der Waals surface area contributed by atoms with Gasteiger partial charge in [-0.2, -0.15) is 4.57 Å². The molecule has 0 saturated carbocycles. The molecule has 0 bridgehead atoms. The van der Waals surface area contributed by atoms with Gasteiger partial charge in [0.05, 0.1) is 13.0 Å². The molecule has 0 spiro atoms. The third-order valence-electron chi connectivity index (χ3n) is 5.45. The zero-order valence-electron chi connectivity index (χ0n) is 19.5. The van der Waals surface area contributed by atoms with Crippen LogP contribution in [0.3, 0.4) is 0 Å². The van der Waals surface area contributed by atoms with Gasteiger partial charge in [0.15, 0.2) is 12.4 Å². The summed E-state index contributed by atoms with van der Waals surface area (Å²) in [7, 11) is 0. The van der Waals surface area contributed by atoms with Crippen LogP contribution < -0.4 is 38.6 Å². The quantitative estimate of drug-likeness (QED) is 0.202. The van der Waals surface area contributed by atoms with Gasteiger partial charge in [0.2, 0.25) is 12.1 Å². The van der Waals surface area contributed by atoms with Crippen molar-refractivity contribution in [3.63, 3.8) is 0 Å². The number of halogens is 2. The van der Waals surface area contributed by atoms with E-state index in [4.69, 9.17) is 16.3 Å². The minimum Gasteiger partial charge on any atom is -1.00 e. The normalized spacial score (nSPS) is 11.5. The molecule has 0 radical (unpaired) electrons. The molecule has 0 fully saturated rings. The SMILES string of the molecule is CCCCCCCCCCOc1ccc(CC(=O)NC(CC)[n+]2ccccc2)c(Cl)c1.[I-]. The predicted molar refractivity (Wildman–Crippen MR) is 127 cm³/mol. The monoisotopic (exact) mass is 572 g/mol. The molecule has 2 aromatic rings. The number of amides is 1. The van der Waals surface area contributed by atoms with Crippen LogP contribution in [0.15, 0.2) is 48.8 Å². The minimum atomic E-state index is -0.0678. The zero-order valence-corrected chi connectivity index (χ0v) is 22.4. The molecule has 1 heterocycles. The lowest BCUT2D eigenvalue weighted by atomic mass is 10.1. The van der Waals surface area contributed by atoms with Crippen LogP contribution in [-0.4, -0.2) is 12.5 Å². The number of rotatable bonds is 15. The Morgan fingerprint density at radius 1 is 1.00 bits per heavy atom. The molecular formula is C26H38ClIN2O2. The number of carbonyl (C=O) groups excluding carboxylic acids is 1. The van der Waals surface area contributed by atoms with E-state index in [9.17, 15) is 4.79 Å². The van der Waals surface area contributed by atoms with E-state index in [1.165, 1.54) is 44.9 Å². The molecule has 6 heteroatoms. The Hall–Kier alpha value is -1.34. The van der Waals surface area contributed by atoms with E-state index in [-0.39, 0.29) is 42.5 Å². The average molecular weight is 573 g/mol. The van der Waals surface area contributed by atoms with Crippen LogP contribution in [0.1, 0.15) is 83.4 Å². The van der Waals surface area contributed by atoms with E-state index in [0.29, 0.717) is 11.6 Å². The van der Waals surface area contributed by atoms with Crippen LogP contribution >= 0.6 is 11.6 Å². The summed E-state index contributed by atoms with van der Waals surface area (Å²) in [5.74, 6) is 0.723. The fraction of sp³-hybridized carbons (Fsp3) is 0.538. The van der Waals surface area contributed by atoms with E-state index < -0.39 is 0 Å². The molecule has 178 valence electrons. The molecule has 4 nitrogen and oxygen atoms in total. The lowest BCUT2D eigenvalue weighted by Gasteiger charge is -2.13. The molecule has 1 aromatic heterocycles. The van der Waals surface area contributed by atoms with Crippen molar-refractivity contribution < 1.29 is 38.1 Å². The van der Waals surface area contributed by atoms with Gasteiger partial charge in [-0.1, -0.05) is 82.5 Å². The van der Waals surface area contributed by atoms with Gasteiger partial charge < -0.3 is 28.7 Å². The van der Waals surface area contributed by atoms with Gasteiger partial charge in [-0.05, 0) is 24.1 Å². The van der Waals surface area contributed by atoms with Gasteiger partial charge >= 0.3 is 0 Å². The Bertz CT molecular complexity index is 774. The first kappa shape index (κ1) is 28.7. The second-order valence-electron chi connectivity index (χ2n) is 8.07. The van der Waals surface area contributed by atoms with Crippen molar-refractivity contribution >= 4 is 17.5 Å². The predicted octanol–water partition coefficient (Wildman–Crippen LogP) is 3.42. The molecular weight excluding hydrogens is 535 g/mol. The van der Waals surface area contributed by atoms with Crippen molar-refractivity contribution in [3.05, 3.63) is 59.4 Å². The molecule has 0 aliphatic rings. The minimum absolute atomic E-state index is 0. The van der Waals surface area contributed by atoms with E-state index in [1.54, 1.807) is 0 Å². The summed E-state index contributed by atoms with van der Waals surface area (Å²) in [6, 6.07) is 11.5. The third kappa shape index (κ3) is 11.0. The number of unbranched alkanes of at least 4 members (excludes halogenated alkanes) is 7. The Labute approximate surface area is 216 Å². The zero-order chi connectivity index (χ0) is 22.3. The first-order valence-corrected chi connectivity index (χ1v) is 12.2. The van der Waals surface area contributed by atoms with E-state index in [2.05, 4.69) is 19.2 Å². The Balaban J connectivity index is 0.00000512. The number of pyridine rings is 1. The number of nitrogens with zero attached hydrogens (tertiary/aromatic N) is 1. The second kappa shape index (κ2) is 17.2. The number of ether oxygens (including phenoxy) is 1. The third-order valence-corrected chi connectivity index (χ3v) is 5.81. The lowest BCUT2D eigenvalue weighted by molar-refractivity contribution is -0.727. The van der Waals surface area contributed by atoms with Crippen LogP contribution in [0.2, 0.25) is 5.02 Å². The van der Waals surface area contributed by atoms with Gasteiger partial charge in [0.25, 0.3) is 0 Å². The summed E-state index contributed by atoms with van der Waals surface area (Å²) in [4.78, 5) is 12.5. The second-order valence-corrected chi connectivity index (χ2v) is 8.47. The number of nitrogens with one attached hydrogen (secondary N) is 1. The van der Waals surface area contributed by atoms with Crippen LogP contribution in [0.25, 0.3) is 0 Å². The maximum atomic E-state index is 12.5. The molecule has 1 amide bonds. The fourth-order valence-corrected chi connectivity index (χ4v) is 3.84. The molecule has 0 saturated heterocycles. The van der Waals surface area contributed by atoms with Crippen molar-refractivity contribution in [2.45, 2.75) is 84.2 Å². The van der Waals surface area contributed by atoms with Crippen LogP contribution in [0.4, 0.5) is 0 Å². The molecule has 0 aliphatic carbocycles. The van der Waals surface area contributed by atoms with Gasteiger partial charge in [0.1, 0.15) is 5.75 Å². The standard InChI is InChI=1S/C26H37ClN2O2.HI/c1-3-5-6-7-8-9-10-14-19-31-23-16-15-22(24(27)21-23)20-26(30)28-25(4-2)29-17-12-11-13-18-29;/h11-13,15-18,21,25H,3-10,14,19-20H2,1-2H3;1H. The van der Waals surface area contributed by atoms with Crippen molar-refractivity contribution in [3.8, 4) is 5.75 Å². The Morgan fingerprint density at radius 2 is 1.66 bits per heavy atom. The number of hydrogen-bond acceptors (Lipinski definition) is 2. The summed E-state index contributed by atoms with van der Waals surface area (Å²) >= 11 is 6.42. The summed E-state index contributed by atoms with van der Waals surface area (Å²) in [5.41, 5.74) is 0.812. The van der Waals surface area contributed by atoms with Gasteiger partial charge in [-0.3, -0.25) is 10.1 Å². The first-order chi connectivity index (χ1) is 15.1. The fourth-order valence-electron chi connectivity index (χ4n) is 3.60. The van der Waals surface area contributed by atoms with Crippen molar-refractivity contribution in [1.82, 2.24) is 5.32 Å². The maximum absolute atomic E-state index is 12.5. The maximum Gasteiger partial charge on any atom is 0.233 e. The van der Waals surface area contributed by atoms with Crippen LogP contribution in [-0.2, 0) is 11.2 Å². The molecule has 0 aliphatic heterocycles. The highest BCUT2D eigenvalue weighted by Gasteiger charge is 2.19. The molecule has 32 heavy (non-hydrogen) atoms. The summed E-state index contributed by atoms with van der Waals surface area (Å²) in [6.07, 6.45) is 15.1. The molecule has 1 atom stereocenters. The summed E-state index contributed by atoms with van der Waals surface area (Å²) < 4.78 is 7.85. The van der Waals surface area contributed by atoms with E-state index in [0.717, 1.165) is 24.2 Å². The van der Waals surface area contributed by atoms with Gasteiger partial charge in [-0.25, -0.2) is 0 Å². The lowest BCUT2D eigenvalue weighted by Crippen LogP contribution is -3.00. The molecule has 1 aromatic carbocycles. The molecule has 1 N–H and O–H groups in total. The Morgan fingerprint density at radius 3 is 2.28 bits per heavy atom. The largest absolute Gasteiger partial charge is 1.00 e. The van der Waals surface area contributed by atoms with Gasteiger partial charge in [0, 0.05) is 23.6 Å². The average Bonchev–Trinajstić information content (AvgIpc) is 2.78. The van der Waals surface area contributed by atoms with E-state index in [1.807, 2.05) is 53.4 Å².